The van der Waals surface area contributed by atoms with Gasteiger partial charge in [-0.05, 0) is 42.5 Å². The smallest absolute Gasteiger partial charge is 0.296 e. The van der Waals surface area contributed by atoms with Gasteiger partial charge in [-0.25, -0.2) is 9.97 Å². The standard InChI is InChI=1S/C25H19N5O5S4/c1-35-15-7-9-16(19(11-15)30(33)34)27-23(32)13-37-25-29-18-8-6-14(10-21(18)39-25)26-22(31)12-36-24-28-17-4-2-3-5-20(17)38-24/h2-11H,12-13H2,1H3,(H,26,31)(H,27,32). The van der Waals surface area contributed by atoms with Crippen LogP contribution in [-0.2, 0) is 9.59 Å². The van der Waals surface area contributed by atoms with Crippen molar-refractivity contribution in [2.45, 2.75) is 8.68 Å². The van der Waals surface area contributed by atoms with Gasteiger partial charge in [-0.1, -0.05) is 35.7 Å². The molecule has 0 fully saturated rings. The molecule has 2 aromatic heterocycles. The zero-order valence-corrected chi connectivity index (χ0v) is 23.5. The number of nitrogens with zero attached hydrogens (tertiary/aromatic N) is 3. The summed E-state index contributed by atoms with van der Waals surface area (Å²) in [5, 5.41) is 16.8. The number of nitro groups is 1. The third kappa shape index (κ3) is 6.65. The highest BCUT2D eigenvalue weighted by molar-refractivity contribution is 8.02. The van der Waals surface area contributed by atoms with Crippen LogP contribution in [0.4, 0.5) is 17.1 Å². The molecule has 0 aliphatic heterocycles. The van der Waals surface area contributed by atoms with Crippen molar-refractivity contribution in [3.8, 4) is 5.75 Å². The Kier molecular flexibility index (Phi) is 8.26. The molecule has 14 heteroatoms. The Bertz CT molecular complexity index is 1670. The average Bonchev–Trinajstić information content (AvgIpc) is 3.54. The number of thioether (sulfide) groups is 2. The van der Waals surface area contributed by atoms with Crippen molar-refractivity contribution in [3.63, 3.8) is 0 Å². The molecule has 2 N–H and O–H groups in total. The fourth-order valence-electron chi connectivity index (χ4n) is 3.49. The van der Waals surface area contributed by atoms with Crippen molar-refractivity contribution in [1.29, 1.82) is 0 Å². The highest BCUT2D eigenvalue weighted by atomic mass is 32.2. The largest absolute Gasteiger partial charge is 0.496 e. The minimum Gasteiger partial charge on any atom is -0.496 e. The summed E-state index contributed by atoms with van der Waals surface area (Å²) in [5.41, 5.74) is 2.17. The number of rotatable bonds is 10. The number of nitro benzene ring substituents is 1. The average molecular weight is 598 g/mol. The van der Waals surface area contributed by atoms with Gasteiger partial charge in [0.15, 0.2) is 8.68 Å². The van der Waals surface area contributed by atoms with Gasteiger partial charge >= 0.3 is 0 Å². The van der Waals surface area contributed by atoms with E-state index in [1.54, 1.807) is 23.5 Å². The maximum absolute atomic E-state index is 12.5. The number of thiazole rings is 2. The first-order valence-corrected chi connectivity index (χ1v) is 14.9. The second-order valence-corrected chi connectivity index (χ2v) is 12.4. The molecule has 3 aromatic carbocycles. The lowest BCUT2D eigenvalue weighted by Gasteiger charge is -2.07. The number of hydrogen-bond donors (Lipinski definition) is 2. The molecule has 0 unspecified atom stereocenters. The second-order valence-electron chi connectivity index (χ2n) is 7.92. The fraction of sp³-hybridized carbons (Fsp3) is 0.120. The number of carbonyl (C=O) groups is 2. The molecule has 0 aliphatic carbocycles. The van der Waals surface area contributed by atoms with Gasteiger partial charge in [-0.15, -0.1) is 22.7 Å². The van der Waals surface area contributed by atoms with E-state index in [9.17, 15) is 19.7 Å². The first-order chi connectivity index (χ1) is 18.9. The van der Waals surface area contributed by atoms with Gasteiger partial charge in [-0.3, -0.25) is 19.7 Å². The topological polar surface area (TPSA) is 136 Å². The molecule has 5 rings (SSSR count). The van der Waals surface area contributed by atoms with Crippen LogP contribution in [0.15, 0.2) is 69.3 Å². The van der Waals surface area contributed by atoms with E-state index in [0.29, 0.717) is 15.8 Å². The molecular formula is C25H19N5O5S4. The number of hydrogen-bond acceptors (Lipinski definition) is 11. The molecule has 0 saturated carbocycles. The van der Waals surface area contributed by atoms with Crippen LogP contribution in [0.1, 0.15) is 0 Å². The summed E-state index contributed by atoms with van der Waals surface area (Å²) >= 11 is 5.58. The number of para-hydroxylation sites is 1. The summed E-state index contributed by atoms with van der Waals surface area (Å²) in [7, 11) is 1.41. The number of benzene rings is 3. The molecule has 2 heterocycles. The summed E-state index contributed by atoms with van der Waals surface area (Å²) in [5.74, 6) is 0.0535. The SMILES string of the molecule is COc1ccc(NC(=O)CSc2nc3ccc(NC(=O)CSc4nc5ccccc5s4)cc3s2)c([N+](=O)[O-])c1. The summed E-state index contributed by atoms with van der Waals surface area (Å²) in [6.45, 7) is 0. The van der Waals surface area contributed by atoms with Crippen LogP contribution < -0.4 is 15.4 Å². The summed E-state index contributed by atoms with van der Waals surface area (Å²) in [6, 6.07) is 17.5. The zero-order chi connectivity index (χ0) is 27.4. The number of amides is 2. The lowest BCUT2D eigenvalue weighted by Crippen LogP contribution is -2.15. The van der Waals surface area contributed by atoms with Crippen LogP contribution in [0.5, 0.6) is 5.75 Å². The molecule has 5 aromatic rings. The zero-order valence-electron chi connectivity index (χ0n) is 20.2. The van der Waals surface area contributed by atoms with Crippen LogP contribution >= 0.6 is 46.2 Å². The van der Waals surface area contributed by atoms with Gasteiger partial charge in [-0.2, -0.15) is 0 Å². The van der Waals surface area contributed by atoms with Gasteiger partial charge in [0.1, 0.15) is 11.4 Å². The number of fused-ring (bicyclic) bond motifs is 2. The fourth-order valence-corrected chi connectivity index (χ4v) is 7.27. The minimum absolute atomic E-state index is 0.0234. The highest BCUT2D eigenvalue weighted by Gasteiger charge is 2.18. The lowest BCUT2D eigenvalue weighted by molar-refractivity contribution is -0.384. The number of ether oxygens (including phenoxy) is 1. The van der Waals surface area contributed by atoms with Crippen LogP contribution in [-0.4, -0.2) is 45.3 Å². The van der Waals surface area contributed by atoms with E-state index in [2.05, 4.69) is 20.6 Å². The van der Waals surface area contributed by atoms with Gasteiger partial charge in [0.2, 0.25) is 11.8 Å². The van der Waals surface area contributed by atoms with Crippen LogP contribution in [0.3, 0.4) is 0 Å². The third-order valence-corrected chi connectivity index (χ3v) is 9.60. The van der Waals surface area contributed by atoms with Crippen molar-refractivity contribution >= 4 is 95.5 Å². The number of aromatic nitrogens is 2. The predicted molar refractivity (Wildman–Crippen MR) is 158 cm³/mol. The van der Waals surface area contributed by atoms with Crippen LogP contribution in [0.25, 0.3) is 20.4 Å². The number of methoxy groups -OCH3 is 1. The van der Waals surface area contributed by atoms with E-state index < -0.39 is 10.8 Å². The van der Waals surface area contributed by atoms with Gasteiger partial charge in [0.25, 0.3) is 5.69 Å². The minimum atomic E-state index is -0.575. The Hall–Kier alpha value is -3.72. The van der Waals surface area contributed by atoms with Gasteiger partial charge < -0.3 is 15.4 Å². The Morgan fingerprint density at radius 3 is 2.26 bits per heavy atom. The normalized spacial score (nSPS) is 11.0. The van der Waals surface area contributed by atoms with Crippen molar-refractivity contribution in [2.75, 3.05) is 29.2 Å². The molecule has 198 valence electrons. The van der Waals surface area contributed by atoms with Crippen molar-refractivity contribution < 1.29 is 19.2 Å². The number of carbonyl (C=O) groups excluding carboxylic acids is 2. The molecule has 0 atom stereocenters. The number of nitrogens with one attached hydrogen (secondary N) is 2. The Morgan fingerprint density at radius 2 is 1.56 bits per heavy atom. The first kappa shape index (κ1) is 26.9. The summed E-state index contributed by atoms with van der Waals surface area (Å²) in [4.78, 5) is 44.8. The Balaban J connectivity index is 1.16. The molecular weight excluding hydrogens is 579 g/mol. The first-order valence-electron chi connectivity index (χ1n) is 11.3. The van der Waals surface area contributed by atoms with Crippen molar-refractivity contribution in [3.05, 3.63) is 70.8 Å². The molecule has 10 nitrogen and oxygen atoms in total. The maximum atomic E-state index is 12.5. The quantitative estimate of drug-likeness (QED) is 0.108. The summed E-state index contributed by atoms with van der Waals surface area (Å²) < 4.78 is 8.47. The van der Waals surface area contributed by atoms with Crippen molar-refractivity contribution in [2.24, 2.45) is 0 Å². The Labute approximate surface area is 238 Å². The lowest BCUT2D eigenvalue weighted by atomic mass is 10.2. The third-order valence-electron chi connectivity index (χ3n) is 5.26. The molecule has 39 heavy (non-hydrogen) atoms. The van der Waals surface area contributed by atoms with E-state index in [-0.39, 0.29) is 28.8 Å². The van der Waals surface area contributed by atoms with Gasteiger partial charge in [0.05, 0.1) is 50.0 Å². The molecule has 2 amide bonds. The number of anilines is 2. The summed E-state index contributed by atoms with van der Waals surface area (Å²) in [6.07, 6.45) is 0. The van der Waals surface area contributed by atoms with E-state index in [0.717, 1.165) is 24.8 Å². The van der Waals surface area contributed by atoms with E-state index in [1.807, 2.05) is 36.4 Å². The molecule has 0 spiro atoms. The van der Waals surface area contributed by atoms with Crippen molar-refractivity contribution in [1.82, 2.24) is 9.97 Å². The maximum Gasteiger partial charge on any atom is 0.296 e. The van der Waals surface area contributed by atoms with E-state index >= 15 is 0 Å². The predicted octanol–water partition coefficient (Wildman–Crippen LogP) is 6.28. The molecule has 0 saturated heterocycles. The van der Waals surface area contributed by atoms with E-state index in [4.69, 9.17) is 4.74 Å². The van der Waals surface area contributed by atoms with Crippen LogP contribution in [0.2, 0.25) is 0 Å². The Morgan fingerprint density at radius 1 is 0.897 bits per heavy atom. The highest BCUT2D eigenvalue weighted by Crippen LogP contribution is 2.33. The van der Waals surface area contributed by atoms with Gasteiger partial charge in [0, 0.05) is 5.69 Å². The second kappa shape index (κ2) is 12.0. The molecule has 0 bridgehead atoms. The molecule has 0 aliphatic rings. The monoisotopic (exact) mass is 597 g/mol. The molecule has 0 radical (unpaired) electrons. The van der Waals surface area contributed by atoms with Crippen LogP contribution in [0, 0.1) is 10.1 Å². The van der Waals surface area contributed by atoms with E-state index in [1.165, 1.54) is 54.1 Å².